The summed E-state index contributed by atoms with van der Waals surface area (Å²) in [5, 5.41) is 8.82. The molecule has 0 unspecified atom stereocenters. The van der Waals surface area contributed by atoms with Gasteiger partial charge >= 0.3 is 0 Å². The Hall–Kier alpha value is -3.36. The van der Waals surface area contributed by atoms with Crippen LogP contribution in [0, 0.1) is 5.92 Å². The Kier molecular flexibility index (Phi) is 8.67. The first kappa shape index (κ1) is 25.3. The maximum atomic E-state index is 12.8. The molecule has 0 saturated carbocycles. The van der Waals surface area contributed by atoms with Gasteiger partial charge in [-0.1, -0.05) is 20.8 Å². The highest BCUT2D eigenvalue weighted by Gasteiger charge is 2.26. The minimum absolute atomic E-state index is 0.00451. The van der Waals surface area contributed by atoms with Crippen molar-refractivity contribution in [1.82, 2.24) is 20.0 Å². The van der Waals surface area contributed by atoms with Crippen molar-refractivity contribution in [2.45, 2.75) is 27.2 Å². The summed E-state index contributed by atoms with van der Waals surface area (Å²) in [7, 11) is 3.23. The van der Waals surface area contributed by atoms with E-state index in [0.717, 1.165) is 17.8 Å². The molecular weight excluding hydrogens is 434 g/mol. The molecule has 2 aromatic rings. The molecule has 1 saturated heterocycles. The fourth-order valence-corrected chi connectivity index (χ4v) is 4.00. The van der Waals surface area contributed by atoms with E-state index in [2.05, 4.69) is 15.1 Å². The molecule has 2 amide bonds. The van der Waals surface area contributed by atoms with Gasteiger partial charge in [-0.25, -0.2) is 0 Å². The predicted molar refractivity (Wildman–Crippen MR) is 131 cm³/mol. The molecule has 1 aromatic heterocycles. The molecule has 3 rings (SSSR count). The monoisotopic (exact) mass is 469 g/mol. The van der Waals surface area contributed by atoms with Gasteiger partial charge in [0, 0.05) is 50.3 Å². The third-order valence-electron chi connectivity index (χ3n) is 5.92. The highest BCUT2D eigenvalue weighted by molar-refractivity contribution is 5.85. The van der Waals surface area contributed by atoms with Crippen molar-refractivity contribution in [3.8, 4) is 22.8 Å². The molecule has 9 heteroatoms. The Morgan fingerprint density at radius 1 is 1.03 bits per heavy atom. The summed E-state index contributed by atoms with van der Waals surface area (Å²) in [5.41, 5.74) is 1.55. The van der Waals surface area contributed by atoms with Crippen LogP contribution >= 0.6 is 0 Å². The normalized spacial score (nSPS) is 13.7. The molecule has 1 aliphatic rings. The molecule has 0 N–H and O–H groups in total. The second-order valence-electron chi connectivity index (χ2n) is 8.63. The molecule has 2 heterocycles. The van der Waals surface area contributed by atoms with Crippen LogP contribution in [0.1, 0.15) is 27.2 Å². The number of methoxy groups -OCH3 is 2. The number of hydrogen-bond donors (Lipinski definition) is 0. The lowest BCUT2D eigenvalue weighted by molar-refractivity contribution is -0.142. The largest absolute Gasteiger partial charge is 0.497 e. The van der Waals surface area contributed by atoms with Crippen LogP contribution < -0.4 is 14.4 Å². The summed E-state index contributed by atoms with van der Waals surface area (Å²) >= 11 is 0. The first-order chi connectivity index (χ1) is 16.4. The minimum Gasteiger partial charge on any atom is -0.497 e. The quantitative estimate of drug-likeness (QED) is 0.558. The number of carbonyl (C=O) groups excluding carboxylic acids is 2. The topological polar surface area (TPSA) is 88.1 Å². The SMILES string of the molecule is CCCN(CC(=O)N1CCN(c2ccc(-c3ccc(OC)cc3OC)nn2)CC1)C(=O)C(C)C. The van der Waals surface area contributed by atoms with Gasteiger partial charge in [-0.15, -0.1) is 10.2 Å². The Labute approximate surface area is 201 Å². The van der Waals surface area contributed by atoms with Gasteiger partial charge in [0.15, 0.2) is 5.82 Å². The first-order valence-corrected chi connectivity index (χ1v) is 11.8. The number of carbonyl (C=O) groups is 2. The maximum Gasteiger partial charge on any atom is 0.242 e. The summed E-state index contributed by atoms with van der Waals surface area (Å²) in [6.07, 6.45) is 0.830. The van der Waals surface area contributed by atoms with Crippen molar-refractivity contribution < 1.29 is 19.1 Å². The van der Waals surface area contributed by atoms with Gasteiger partial charge in [-0.2, -0.15) is 0 Å². The minimum atomic E-state index is -0.115. The van der Waals surface area contributed by atoms with Crippen LogP contribution in [0.5, 0.6) is 11.5 Å². The number of piperazine rings is 1. The zero-order valence-electron chi connectivity index (χ0n) is 20.8. The molecule has 0 radical (unpaired) electrons. The van der Waals surface area contributed by atoms with Crippen LogP contribution in [0.2, 0.25) is 0 Å². The number of ether oxygens (including phenoxy) is 2. The highest BCUT2D eigenvalue weighted by atomic mass is 16.5. The van der Waals surface area contributed by atoms with E-state index in [9.17, 15) is 9.59 Å². The summed E-state index contributed by atoms with van der Waals surface area (Å²) in [4.78, 5) is 30.9. The third kappa shape index (κ3) is 5.95. The summed E-state index contributed by atoms with van der Waals surface area (Å²) in [5.74, 6) is 2.06. The fourth-order valence-electron chi connectivity index (χ4n) is 4.00. The molecule has 184 valence electrons. The third-order valence-corrected chi connectivity index (χ3v) is 5.92. The Morgan fingerprint density at radius 2 is 1.76 bits per heavy atom. The van der Waals surface area contributed by atoms with Gasteiger partial charge in [0.25, 0.3) is 0 Å². The molecule has 0 atom stereocenters. The van der Waals surface area contributed by atoms with Gasteiger partial charge in [0.1, 0.15) is 11.5 Å². The summed E-state index contributed by atoms with van der Waals surface area (Å²) < 4.78 is 10.7. The van der Waals surface area contributed by atoms with Crippen molar-refractivity contribution in [1.29, 1.82) is 0 Å². The molecule has 0 spiro atoms. The number of benzene rings is 1. The zero-order valence-corrected chi connectivity index (χ0v) is 20.8. The second-order valence-corrected chi connectivity index (χ2v) is 8.63. The predicted octanol–water partition coefficient (Wildman–Crippen LogP) is 2.70. The molecular formula is C25H35N5O4. The lowest BCUT2D eigenvalue weighted by Gasteiger charge is -2.36. The Balaban J connectivity index is 1.60. The number of anilines is 1. The molecule has 1 aromatic carbocycles. The average molecular weight is 470 g/mol. The van der Waals surface area contributed by atoms with Crippen molar-refractivity contribution >= 4 is 17.6 Å². The van der Waals surface area contributed by atoms with Gasteiger partial charge in [0.05, 0.1) is 26.5 Å². The highest BCUT2D eigenvalue weighted by Crippen LogP contribution is 2.32. The van der Waals surface area contributed by atoms with E-state index in [0.29, 0.717) is 49.9 Å². The Morgan fingerprint density at radius 3 is 2.32 bits per heavy atom. The molecule has 0 aliphatic carbocycles. The van der Waals surface area contributed by atoms with E-state index in [4.69, 9.17) is 9.47 Å². The lowest BCUT2D eigenvalue weighted by atomic mass is 10.1. The number of rotatable bonds is 9. The van der Waals surface area contributed by atoms with E-state index in [1.165, 1.54) is 0 Å². The maximum absolute atomic E-state index is 12.8. The molecule has 0 bridgehead atoms. The van der Waals surface area contributed by atoms with Crippen molar-refractivity contribution in [2.24, 2.45) is 5.92 Å². The van der Waals surface area contributed by atoms with Crippen LogP contribution in [-0.2, 0) is 9.59 Å². The first-order valence-electron chi connectivity index (χ1n) is 11.8. The lowest BCUT2D eigenvalue weighted by Crippen LogP contribution is -2.52. The molecule has 34 heavy (non-hydrogen) atoms. The van der Waals surface area contributed by atoms with Gasteiger partial charge in [-0.05, 0) is 30.7 Å². The second kappa shape index (κ2) is 11.7. The van der Waals surface area contributed by atoms with Gasteiger partial charge < -0.3 is 24.2 Å². The van der Waals surface area contributed by atoms with E-state index < -0.39 is 0 Å². The molecule has 1 fully saturated rings. The van der Waals surface area contributed by atoms with Gasteiger partial charge in [0.2, 0.25) is 11.8 Å². The molecule has 1 aliphatic heterocycles. The number of aromatic nitrogens is 2. The van der Waals surface area contributed by atoms with E-state index >= 15 is 0 Å². The van der Waals surface area contributed by atoms with Gasteiger partial charge in [-0.3, -0.25) is 9.59 Å². The summed E-state index contributed by atoms with van der Waals surface area (Å²) in [6, 6.07) is 9.44. The number of amides is 2. The number of hydrogen-bond acceptors (Lipinski definition) is 7. The average Bonchev–Trinajstić information content (AvgIpc) is 2.87. The van der Waals surface area contributed by atoms with Crippen LogP contribution in [0.3, 0.4) is 0 Å². The fraction of sp³-hybridized carbons (Fsp3) is 0.520. The smallest absolute Gasteiger partial charge is 0.242 e. The zero-order chi connectivity index (χ0) is 24.7. The van der Waals surface area contributed by atoms with Crippen LogP contribution in [0.4, 0.5) is 5.82 Å². The number of nitrogens with zero attached hydrogens (tertiary/aromatic N) is 5. The van der Waals surface area contributed by atoms with Crippen LogP contribution in [0.15, 0.2) is 30.3 Å². The van der Waals surface area contributed by atoms with Crippen LogP contribution in [0.25, 0.3) is 11.3 Å². The van der Waals surface area contributed by atoms with E-state index in [1.54, 1.807) is 19.1 Å². The van der Waals surface area contributed by atoms with Crippen LogP contribution in [-0.4, -0.2) is 85.3 Å². The Bertz CT molecular complexity index is 972. The summed E-state index contributed by atoms with van der Waals surface area (Å²) in [6.45, 7) is 8.99. The van der Waals surface area contributed by atoms with Crippen molar-refractivity contribution in [3.63, 3.8) is 0 Å². The molecule has 9 nitrogen and oxygen atoms in total. The van der Waals surface area contributed by atoms with Crippen molar-refractivity contribution in [3.05, 3.63) is 30.3 Å². The van der Waals surface area contributed by atoms with E-state index in [-0.39, 0.29) is 24.3 Å². The van der Waals surface area contributed by atoms with E-state index in [1.807, 2.05) is 56.0 Å². The standard InChI is InChI=1S/C25H35N5O4/c1-6-11-30(25(32)18(2)3)17-24(31)29-14-12-28(13-15-29)23-10-9-21(26-27-23)20-8-7-19(33-4)16-22(20)34-5/h7-10,16,18H,6,11-15,17H2,1-5H3. The van der Waals surface area contributed by atoms with Crippen molar-refractivity contribution in [2.75, 3.05) is 58.4 Å².